The van der Waals surface area contributed by atoms with E-state index in [0.717, 1.165) is 25.8 Å². The lowest BCUT2D eigenvalue weighted by atomic mass is 9.90. The molecule has 1 aliphatic carbocycles. The third kappa shape index (κ3) is 7.22. The highest BCUT2D eigenvalue weighted by atomic mass is 35.5. The predicted octanol–water partition coefficient (Wildman–Crippen LogP) is 3.11. The zero-order chi connectivity index (χ0) is 13.1. The van der Waals surface area contributed by atoms with Gasteiger partial charge in [0.15, 0.2) is 0 Å². The van der Waals surface area contributed by atoms with Crippen molar-refractivity contribution in [1.82, 2.24) is 5.32 Å². The van der Waals surface area contributed by atoms with E-state index in [4.69, 9.17) is 16.3 Å². The summed E-state index contributed by atoms with van der Waals surface area (Å²) in [5.74, 6) is 1.03. The number of halogens is 1. The molecule has 106 valence electrons. The Kier molecular flexibility index (Phi) is 9.31. The second kappa shape index (κ2) is 10.6. The molecule has 0 aromatic rings. The minimum Gasteiger partial charge on any atom is -0.380 e. The van der Waals surface area contributed by atoms with E-state index in [1.54, 1.807) is 0 Å². The molecular formula is C14H26ClNO2. The van der Waals surface area contributed by atoms with Crippen LogP contribution in [0.5, 0.6) is 0 Å². The third-order valence-electron chi connectivity index (χ3n) is 3.46. The number of rotatable bonds is 7. The summed E-state index contributed by atoms with van der Waals surface area (Å²) in [4.78, 5) is 12.0. The zero-order valence-corrected chi connectivity index (χ0v) is 12.0. The molecule has 1 amide bonds. The van der Waals surface area contributed by atoms with Gasteiger partial charge in [-0.15, -0.1) is 11.6 Å². The summed E-state index contributed by atoms with van der Waals surface area (Å²) in [6, 6.07) is 0. The summed E-state index contributed by atoms with van der Waals surface area (Å²) < 4.78 is 5.26. The molecular weight excluding hydrogens is 250 g/mol. The monoisotopic (exact) mass is 275 g/mol. The summed E-state index contributed by atoms with van der Waals surface area (Å²) in [7, 11) is 0. The van der Waals surface area contributed by atoms with E-state index in [2.05, 4.69) is 5.32 Å². The van der Waals surface area contributed by atoms with Crippen LogP contribution in [0.25, 0.3) is 0 Å². The molecule has 1 saturated carbocycles. The van der Waals surface area contributed by atoms with Gasteiger partial charge in [0.25, 0.3) is 0 Å². The van der Waals surface area contributed by atoms with Crippen molar-refractivity contribution < 1.29 is 9.53 Å². The minimum atomic E-state index is 0.245. The maximum absolute atomic E-state index is 12.0. The standard InChI is InChI=1S/C14H26ClNO2/c15-9-12-18-11-6-10-16-14(17)13-7-4-2-1-3-5-8-13/h13H,1-12H2,(H,16,17). The van der Waals surface area contributed by atoms with E-state index in [-0.39, 0.29) is 11.8 Å². The number of alkyl halides is 1. The van der Waals surface area contributed by atoms with Gasteiger partial charge in [0.1, 0.15) is 0 Å². The van der Waals surface area contributed by atoms with Gasteiger partial charge in [0.05, 0.1) is 6.61 Å². The van der Waals surface area contributed by atoms with Gasteiger partial charge >= 0.3 is 0 Å². The zero-order valence-electron chi connectivity index (χ0n) is 11.3. The normalized spacial score (nSPS) is 18.1. The van der Waals surface area contributed by atoms with Crippen LogP contribution in [0.4, 0.5) is 0 Å². The highest BCUT2D eigenvalue weighted by Gasteiger charge is 2.18. The molecule has 18 heavy (non-hydrogen) atoms. The summed E-state index contributed by atoms with van der Waals surface area (Å²) in [5, 5.41) is 3.03. The van der Waals surface area contributed by atoms with Gasteiger partial charge in [0.2, 0.25) is 5.91 Å². The number of nitrogens with one attached hydrogen (secondary N) is 1. The minimum absolute atomic E-state index is 0.245. The number of carbonyl (C=O) groups excluding carboxylic acids is 1. The van der Waals surface area contributed by atoms with Gasteiger partial charge in [-0.3, -0.25) is 4.79 Å². The fourth-order valence-electron chi connectivity index (χ4n) is 2.41. The molecule has 1 N–H and O–H groups in total. The Morgan fingerprint density at radius 1 is 1.11 bits per heavy atom. The van der Waals surface area contributed by atoms with Gasteiger partial charge < -0.3 is 10.1 Å². The van der Waals surface area contributed by atoms with Crippen molar-refractivity contribution in [2.75, 3.05) is 25.6 Å². The average molecular weight is 276 g/mol. The first kappa shape index (κ1) is 15.8. The second-order valence-electron chi connectivity index (χ2n) is 4.99. The van der Waals surface area contributed by atoms with Crippen LogP contribution in [0.2, 0.25) is 0 Å². The molecule has 3 nitrogen and oxygen atoms in total. The van der Waals surface area contributed by atoms with Gasteiger partial charge in [-0.2, -0.15) is 0 Å². The molecule has 0 aromatic carbocycles. The first-order valence-electron chi connectivity index (χ1n) is 7.26. The SMILES string of the molecule is O=C(NCCCOCCCl)C1CCCCCCC1. The summed E-state index contributed by atoms with van der Waals surface area (Å²) in [6.45, 7) is 1.99. The van der Waals surface area contributed by atoms with Crippen LogP contribution in [0.1, 0.15) is 51.4 Å². The highest BCUT2D eigenvalue weighted by molar-refractivity contribution is 6.17. The van der Waals surface area contributed by atoms with Crippen LogP contribution >= 0.6 is 11.6 Å². The number of hydrogen-bond acceptors (Lipinski definition) is 2. The van der Waals surface area contributed by atoms with Crippen molar-refractivity contribution in [1.29, 1.82) is 0 Å². The van der Waals surface area contributed by atoms with E-state index in [1.165, 1.54) is 32.1 Å². The van der Waals surface area contributed by atoms with Crippen LogP contribution in [-0.4, -0.2) is 31.5 Å². The number of amides is 1. The fraction of sp³-hybridized carbons (Fsp3) is 0.929. The Bertz CT molecular complexity index is 216. The maximum Gasteiger partial charge on any atom is 0.223 e. The fourth-order valence-corrected chi connectivity index (χ4v) is 2.51. The van der Waals surface area contributed by atoms with E-state index in [9.17, 15) is 4.79 Å². The second-order valence-corrected chi connectivity index (χ2v) is 5.37. The lowest BCUT2D eigenvalue weighted by molar-refractivity contribution is -0.125. The number of ether oxygens (including phenoxy) is 1. The van der Waals surface area contributed by atoms with Crippen molar-refractivity contribution >= 4 is 17.5 Å². The lowest BCUT2D eigenvalue weighted by Crippen LogP contribution is -2.32. The molecule has 4 heteroatoms. The Hall–Kier alpha value is -0.280. The molecule has 0 aliphatic heterocycles. The molecule has 0 radical (unpaired) electrons. The van der Waals surface area contributed by atoms with Crippen molar-refractivity contribution in [2.24, 2.45) is 5.92 Å². The van der Waals surface area contributed by atoms with E-state index >= 15 is 0 Å². The summed E-state index contributed by atoms with van der Waals surface area (Å²) >= 11 is 5.50. The topological polar surface area (TPSA) is 38.3 Å². The van der Waals surface area contributed by atoms with Crippen molar-refractivity contribution in [3.63, 3.8) is 0 Å². The summed E-state index contributed by atoms with van der Waals surface area (Å²) in [6.07, 6.45) is 9.32. The maximum atomic E-state index is 12.0. The molecule has 0 heterocycles. The number of carbonyl (C=O) groups is 1. The molecule has 0 bridgehead atoms. The quantitative estimate of drug-likeness (QED) is 0.573. The molecule has 0 unspecified atom stereocenters. The first-order chi connectivity index (χ1) is 8.84. The van der Waals surface area contributed by atoms with Crippen molar-refractivity contribution in [3.05, 3.63) is 0 Å². The van der Waals surface area contributed by atoms with Crippen LogP contribution in [0, 0.1) is 5.92 Å². The van der Waals surface area contributed by atoms with Crippen LogP contribution in [0.3, 0.4) is 0 Å². The predicted molar refractivity (Wildman–Crippen MR) is 75.0 cm³/mol. The van der Waals surface area contributed by atoms with Crippen molar-refractivity contribution in [2.45, 2.75) is 51.4 Å². The Balaban J connectivity index is 2.06. The van der Waals surface area contributed by atoms with Gasteiger partial charge in [-0.25, -0.2) is 0 Å². The average Bonchev–Trinajstić information content (AvgIpc) is 2.33. The van der Waals surface area contributed by atoms with E-state index in [0.29, 0.717) is 19.1 Å². The molecule has 1 aliphatic rings. The number of hydrogen-bond donors (Lipinski definition) is 1. The van der Waals surface area contributed by atoms with Crippen LogP contribution in [-0.2, 0) is 9.53 Å². The lowest BCUT2D eigenvalue weighted by Gasteiger charge is -2.19. The molecule has 0 aromatic heterocycles. The molecule has 0 saturated heterocycles. The largest absolute Gasteiger partial charge is 0.380 e. The smallest absolute Gasteiger partial charge is 0.223 e. The van der Waals surface area contributed by atoms with Gasteiger partial charge in [-0.05, 0) is 19.3 Å². The van der Waals surface area contributed by atoms with Crippen LogP contribution in [0.15, 0.2) is 0 Å². The molecule has 0 spiro atoms. The highest BCUT2D eigenvalue weighted by Crippen LogP contribution is 2.22. The first-order valence-corrected chi connectivity index (χ1v) is 7.79. The molecule has 0 atom stereocenters. The Morgan fingerprint density at radius 3 is 2.44 bits per heavy atom. The Labute approximate surface area is 116 Å². The summed E-state index contributed by atoms with van der Waals surface area (Å²) in [5.41, 5.74) is 0. The molecule has 1 rings (SSSR count). The molecule has 1 fully saturated rings. The van der Waals surface area contributed by atoms with E-state index < -0.39 is 0 Å². The third-order valence-corrected chi connectivity index (χ3v) is 3.62. The Morgan fingerprint density at radius 2 is 1.78 bits per heavy atom. The van der Waals surface area contributed by atoms with E-state index in [1.807, 2.05) is 0 Å². The van der Waals surface area contributed by atoms with Crippen molar-refractivity contribution in [3.8, 4) is 0 Å². The van der Waals surface area contributed by atoms with Gasteiger partial charge in [0, 0.05) is 24.9 Å². The van der Waals surface area contributed by atoms with Gasteiger partial charge in [-0.1, -0.05) is 32.1 Å². The van der Waals surface area contributed by atoms with Crippen LogP contribution < -0.4 is 5.32 Å².